The van der Waals surface area contributed by atoms with Crippen LogP contribution in [0.2, 0.25) is 0 Å². The molecule has 2 N–H and O–H groups in total. The van der Waals surface area contributed by atoms with E-state index in [1.165, 1.54) is 6.20 Å². The third-order valence-corrected chi connectivity index (χ3v) is 2.17. The molecule has 1 rings (SSSR count). The highest BCUT2D eigenvalue weighted by Gasteiger charge is 2.08. The molecule has 0 saturated carbocycles. The Kier molecular flexibility index (Phi) is 3.92. The van der Waals surface area contributed by atoms with E-state index in [4.69, 9.17) is 10.5 Å². The number of benzene rings is 1. The molecule has 3 nitrogen and oxygen atoms in total. The van der Waals surface area contributed by atoms with Crippen molar-refractivity contribution >= 4 is 11.8 Å². The molecule has 0 fully saturated rings. The molecule has 0 aromatic heterocycles. The number of hydrogen-bond acceptors (Lipinski definition) is 3. The van der Waals surface area contributed by atoms with Gasteiger partial charge in [0.05, 0.1) is 7.11 Å². The second-order valence-electron chi connectivity index (χ2n) is 3.17. The summed E-state index contributed by atoms with van der Waals surface area (Å²) in [6.07, 6.45) is 3.25. The fourth-order valence-electron chi connectivity index (χ4n) is 1.49. The van der Waals surface area contributed by atoms with Crippen LogP contribution in [0.5, 0.6) is 5.75 Å². The molecule has 1 aromatic carbocycles. The van der Waals surface area contributed by atoms with Gasteiger partial charge in [0.1, 0.15) is 5.75 Å². The second kappa shape index (κ2) is 5.20. The summed E-state index contributed by atoms with van der Waals surface area (Å²) in [5.74, 6) is 0.842. The van der Waals surface area contributed by atoms with Crippen molar-refractivity contribution in [1.82, 2.24) is 0 Å². The van der Waals surface area contributed by atoms with Crippen LogP contribution in [0, 0.1) is 6.92 Å². The van der Waals surface area contributed by atoms with Crippen LogP contribution in [-0.4, -0.2) is 20.4 Å². The van der Waals surface area contributed by atoms with Crippen LogP contribution in [0.15, 0.2) is 29.4 Å². The maximum Gasteiger partial charge on any atom is 0.129 e. The maximum absolute atomic E-state index is 5.56. The van der Waals surface area contributed by atoms with Gasteiger partial charge in [-0.3, -0.25) is 4.99 Å². The highest BCUT2D eigenvalue weighted by molar-refractivity contribution is 6.10. The Bertz CT molecular complexity index is 395. The quantitative estimate of drug-likeness (QED) is 0.765. The van der Waals surface area contributed by atoms with Crippen LogP contribution in [0.4, 0.5) is 0 Å². The third kappa shape index (κ3) is 2.37. The zero-order chi connectivity index (χ0) is 11.3. The van der Waals surface area contributed by atoms with Gasteiger partial charge in [0.25, 0.3) is 0 Å². The van der Waals surface area contributed by atoms with Gasteiger partial charge in [0.15, 0.2) is 0 Å². The van der Waals surface area contributed by atoms with E-state index in [0.717, 1.165) is 22.4 Å². The van der Waals surface area contributed by atoms with E-state index in [1.807, 2.05) is 25.1 Å². The van der Waals surface area contributed by atoms with Crippen molar-refractivity contribution in [3.8, 4) is 5.75 Å². The Labute approximate surface area is 90.3 Å². The van der Waals surface area contributed by atoms with E-state index in [0.29, 0.717) is 0 Å². The van der Waals surface area contributed by atoms with E-state index in [9.17, 15) is 0 Å². The summed E-state index contributed by atoms with van der Waals surface area (Å²) in [4.78, 5) is 3.96. The summed E-state index contributed by atoms with van der Waals surface area (Å²) in [5, 5.41) is 0. The van der Waals surface area contributed by atoms with Gasteiger partial charge >= 0.3 is 0 Å². The van der Waals surface area contributed by atoms with Gasteiger partial charge in [-0.15, -0.1) is 0 Å². The highest BCUT2D eigenvalue weighted by atomic mass is 16.5. The minimum atomic E-state index is 0.842. The summed E-state index contributed by atoms with van der Waals surface area (Å²) in [6.45, 7) is 2.00. The first-order chi connectivity index (χ1) is 7.24. The number of nitrogens with two attached hydrogens (primary N) is 1. The van der Waals surface area contributed by atoms with Gasteiger partial charge < -0.3 is 10.5 Å². The summed E-state index contributed by atoms with van der Waals surface area (Å²) in [6, 6.07) is 5.94. The van der Waals surface area contributed by atoms with Crippen molar-refractivity contribution in [3.63, 3.8) is 0 Å². The summed E-state index contributed by atoms with van der Waals surface area (Å²) in [5.41, 5.74) is 8.46. The second-order valence-corrected chi connectivity index (χ2v) is 3.17. The lowest BCUT2D eigenvalue weighted by atomic mass is 10.0. The normalized spacial score (nSPS) is 12.1. The lowest BCUT2D eigenvalue weighted by Crippen LogP contribution is -1.97. The zero-order valence-electron chi connectivity index (χ0n) is 9.32. The van der Waals surface area contributed by atoms with E-state index < -0.39 is 0 Å². The van der Waals surface area contributed by atoms with Crippen LogP contribution in [0.3, 0.4) is 0 Å². The van der Waals surface area contributed by atoms with E-state index in [-0.39, 0.29) is 0 Å². The van der Waals surface area contributed by atoms with Gasteiger partial charge in [-0.2, -0.15) is 0 Å². The van der Waals surface area contributed by atoms with E-state index in [1.54, 1.807) is 20.4 Å². The Morgan fingerprint density at radius 1 is 1.47 bits per heavy atom. The number of nitrogens with zero attached hydrogens (tertiary/aromatic N) is 1. The predicted molar refractivity (Wildman–Crippen MR) is 64.3 cm³/mol. The molecule has 0 unspecified atom stereocenters. The monoisotopic (exact) mass is 204 g/mol. The van der Waals surface area contributed by atoms with Gasteiger partial charge in [0.2, 0.25) is 0 Å². The minimum Gasteiger partial charge on any atom is -0.496 e. The Balaban J connectivity index is 3.29. The van der Waals surface area contributed by atoms with Gasteiger partial charge in [-0.25, -0.2) is 0 Å². The fourth-order valence-corrected chi connectivity index (χ4v) is 1.49. The topological polar surface area (TPSA) is 47.6 Å². The lowest BCUT2D eigenvalue weighted by Gasteiger charge is -2.11. The molecule has 15 heavy (non-hydrogen) atoms. The molecule has 0 radical (unpaired) electrons. The molecular weight excluding hydrogens is 188 g/mol. The average Bonchev–Trinajstić information content (AvgIpc) is 2.25. The fraction of sp³-hybridized carbons (Fsp3) is 0.250. The first kappa shape index (κ1) is 11.3. The molecule has 3 heteroatoms. The average molecular weight is 204 g/mol. The molecule has 80 valence electrons. The van der Waals surface area contributed by atoms with Crippen molar-refractivity contribution in [2.24, 2.45) is 10.7 Å². The number of ether oxygens (including phenoxy) is 1. The number of methoxy groups -OCH3 is 1. The SMILES string of the molecule is CN=CC(=CN)c1cccc(C)c1OC. The standard InChI is InChI=1S/C12H16N2O/c1-9-5-4-6-11(12(9)15-3)10(7-13)8-14-2/h4-8H,13H2,1-3H3. The van der Waals surface area contributed by atoms with Crippen LogP contribution in [-0.2, 0) is 0 Å². The van der Waals surface area contributed by atoms with Crippen molar-refractivity contribution in [2.75, 3.05) is 14.2 Å². The largest absolute Gasteiger partial charge is 0.496 e. The minimum absolute atomic E-state index is 0.842. The molecule has 1 aromatic rings. The lowest BCUT2D eigenvalue weighted by molar-refractivity contribution is 0.410. The van der Waals surface area contributed by atoms with Crippen molar-refractivity contribution in [1.29, 1.82) is 0 Å². The van der Waals surface area contributed by atoms with Gasteiger partial charge in [-0.05, 0) is 12.5 Å². The zero-order valence-corrected chi connectivity index (χ0v) is 9.32. The smallest absolute Gasteiger partial charge is 0.129 e. The maximum atomic E-state index is 5.56. The first-order valence-corrected chi connectivity index (χ1v) is 4.72. The Hall–Kier alpha value is -1.77. The molecule has 0 aliphatic carbocycles. The number of hydrogen-bond donors (Lipinski definition) is 1. The number of rotatable bonds is 3. The summed E-state index contributed by atoms with van der Waals surface area (Å²) < 4.78 is 5.35. The van der Waals surface area contributed by atoms with Gasteiger partial charge in [-0.1, -0.05) is 18.2 Å². The Morgan fingerprint density at radius 2 is 2.20 bits per heavy atom. The number of para-hydroxylation sites is 1. The van der Waals surface area contributed by atoms with Crippen molar-refractivity contribution < 1.29 is 4.74 Å². The Morgan fingerprint density at radius 3 is 2.73 bits per heavy atom. The number of aryl methyl sites for hydroxylation is 1. The molecule has 0 bridgehead atoms. The van der Waals surface area contributed by atoms with E-state index in [2.05, 4.69) is 4.99 Å². The molecule has 0 heterocycles. The molecule has 0 atom stereocenters. The van der Waals surface area contributed by atoms with Gasteiger partial charge in [0, 0.05) is 30.6 Å². The number of allylic oxidation sites excluding steroid dienone is 1. The molecule has 0 saturated heterocycles. The molecular formula is C12H16N2O. The van der Waals surface area contributed by atoms with Crippen LogP contribution >= 0.6 is 0 Å². The summed E-state index contributed by atoms with van der Waals surface area (Å²) >= 11 is 0. The molecule has 0 aliphatic rings. The first-order valence-electron chi connectivity index (χ1n) is 4.72. The highest BCUT2D eigenvalue weighted by Crippen LogP contribution is 2.27. The van der Waals surface area contributed by atoms with Crippen LogP contribution in [0.25, 0.3) is 5.57 Å². The van der Waals surface area contributed by atoms with Crippen LogP contribution in [0.1, 0.15) is 11.1 Å². The predicted octanol–water partition coefficient (Wildman–Crippen LogP) is 2.00. The summed E-state index contributed by atoms with van der Waals surface area (Å²) in [7, 11) is 3.37. The van der Waals surface area contributed by atoms with Crippen molar-refractivity contribution in [3.05, 3.63) is 35.5 Å². The number of aliphatic imine (C=N–C) groups is 1. The molecule has 0 amide bonds. The third-order valence-electron chi connectivity index (χ3n) is 2.17. The van der Waals surface area contributed by atoms with Crippen molar-refractivity contribution in [2.45, 2.75) is 6.92 Å². The van der Waals surface area contributed by atoms with Crippen LogP contribution < -0.4 is 10.5 Å². The molecule has 0 aliphatic heterocycles. The molecule has 0 spiro atoms. The van der Waals surface area contributed by atoms with E-state index >= 15 is 0 Å².